The number of pyridine rings is 1. The molecule has 4 rings (SSSR count). The fourth-order valence-electron chi connectivity index (χ4n) is 3.29. The molecule has 1 fully saturated rings. The zero-order valence-electron chi connectivity index (χ0n) is 18.9. The lowest BCUT2D eigenvalue weighted by Crippen LogP contribution is -2.25. The van der Waals surface area contributed by atoms with Crippen LogP contribution in [0.25, 0.3) is 10.6 Å². The Kier molecular flexibility index (Phi) is 7.09. The van der Waals surface area contributed by atoms with Gasteiger partial charge in [-0.05, 0) is 56.0 Å². The summed E-state index contributed by atoms with van der Waals surface area (Å²) in [7, 11) is 1.60. The number of hydrogen-bond donors (Lipinski definition) is 3. The molecule has 0 spiro atoms. The lowest BCUT2D eigenvalue weighted by Gasteiger charge is -2.11. The highest BCUT2D eigenvalue weighted by molar-refractivity contribution is 7.15. The van der Waals surface area contributed by atoms with E-state index in [9.17, 15) is 9.59 Å². The van der Waals surface area contributed by atoms with Crippen molar-refractivity contribution in [3.8, 4) is 22.1 Å². The molecule has 178 valence electrons. The van der Waals surface area contributed by atoms with Crippen LogP contribution in [-0.2, 0) is 6.54 Å². The van der Waals surface area contributed by atoms with E-state index in [0.717, 1.165) is 5.56 Å². The molecule has 0 saturated heterocycles. The van der Waals surface area contributed by atoms with Gasteiger partial charge in [-0.3, -0.25) is 4.79 Å². The van der Waals surface area contributed by atoms with E-state index in [0.29, 0.717) is 39.6 Å². The first kappa shape index (κ1) is 23.7. The zero-order chi connectivity index (χ0) is 24.2. The number of amides is 1. The van der Waals surface area contributed by atoms with Crippen LogP contribution in [0.4, 0.5) is 0 Å². The Morgan fingerprint density at radius 1 is 1.24 bits per heavy atom. The monoisotopic (exact) mass is 482 g/mol. The van der Waals surface area contributed by atoms with Gasteiger partial charge in [0.15, 0.2) is 11.5 Å². The number of thiazole rings is 1. The highest BCUT2D eigenvalue weighted by atomic mass is 32.1. The smallest absolute Gasteiger partial charge is 0.354 e. The van der Waals surface area contributed by atoms with Gasteiger partial charge >= 0.3 is 5.97 Å². The van der Waals surface area contributed by atoms with E-state index in [1.54, 1.807) is 26.2 Å². The van der Waals surface area contributed by atoms with Gasteiger partial charge in [0.25, 0.3) is 5.91 Å². The van der Waals surface area contributed by atoms with Gasteiger partial charge in [0.1, 0.15) is 16.4 Å². The number of nitrogens with zero attached hydrogens (tertiary/aromatic N) is 2. The van der Waals surface area contributed by atoms with Gasteiger partial charge in [-0.15, -0.1) is 11.3 Å². The highest BCUT2D eigenvalue weighted by Crippen LogP contribution is 2.38. The molecule has 0 aliphatic heterocycles. The van der Waals surface area contributed by atoms with Crippen LogP contribution >= 0.6 is 11.3 Å². The van der Waals surface area contributed by atoms with Crippen LogP contribution in [0, 0.1) is 5.92 Å². The molecule has 0 bridgehead atoms. The van der Waals surface area contributed by atoms with Gasteiger partial charge in [0.2, 0.25) is 0 Å². The molecule has 10 heteroatoms. The Morgan fingerprint density at radius 3 is 2.71 bits per heavy atom. The van der Waals surface area contributed by atoms with Crippen molar-refractivity contribution in [2.24, 2.45) is 11.7 Å². The lowest BCUT2D eigenvalue weighted by molar-refractivity contribution is 0.0690. The number of carboxylic acids is 1. The van der Waals surface area contributed by atoms with Crippen molar-refractivity contribution in [1.82, 2.24) is 15.3 Å². The first-order valence-electron chi connectivity index (χ1n) is 10.9. The molecule has 1 amide bonds. The first-order valence-corrected chi connectivity index (χ1v) is 11.7. The number of methoxy groups -OCH3 is 1. The molecule has 1 unspecified atom stereocenters. The Bertz CT molecular complexity index is 1210. The number of carboxylic acid groups (broad SMARTS) is 1. The van der Waals surface area contributed by atoms with Gasteiger partial charge < -0.3 is 25.6 Å². The van der Waals surface area contributed by atoms with Crippen molar-refractivity contribution in [3.63, 3.8) is 0 Å². The summed E-state index contributed by atoms with van der Waals surface area (Å²) in [4.78, 5) is 33.3. The normalized spacial score (nSPS) is 13.9. The molecular weight excluding hydrogens is 456 g/mol. The first-order chi connectivity index (χ1) is 16.4. The maximum absolute atomic E-state index is 12.9. The minimum atomic E-state index is -1.13. The second-order valence-corrected chi connectivity index (χ2v) is 9.17. The van der Waals surface area contributed by atoms with Crippen LogP contribution in [0.1, 0.15) is 57.4 Å². The van der Waals surface area contributed by atoms with Crippen molar-refractivity contribution >= 4 is 23.2 Å². The van der Waals surface area contributed by atoms with Gasteiger partial charge in [-0.25, -0.2) is 14.8 Å². The second kappa shape index (κ2) is 10.2. The molecule has 1 atom stereocenters. The van der Waals surface area contributed by atoms with Gasteiger partial charge in [-0.2, -0.15) is 0 Å². The standard InChI is InChI=1S/C24H26N4O5S/c1-13(25)21-20(22(29)26-11-16-4-3-5-17(27-16)24(30)31)28-23(34-21)15-8-9-18(32-2)19(10-15)33-12-14-6-7-14/h3-5,8-10,13-14H,6-7,11-12,25H2,1-2H3,(H,26,29)(H,30,31). The van der Waals surface area contributed by atoms with Crippen molar-refractivity contribution in [3.05, 3.63) is 58.4 Å². The molecule has 1 aliphatic rings. The van der Waals surface area contributed by atoms with Crippen LogP contribution in [0.3, 0.4) is 0 Å². The van der Waals surface area contributed by atoms with E-state index in [1.165, 1.54) is 30.2 Å². The van der Waals surface area contributed by atoms with E-state index in [1.807, 2.05) is 18.2 Å². The number of hydrogen-bond acceptors (Lipinski definition) is 8. The van der Waals surface area contributed by atoms with Crippen molar-refractivity contribution in [2.75, 3.05) is 13.7 Å². The zero-order valence-corrected chi connectivity index (χ0v) is 19.7. The van der Waals surface area contributed by atoms with E-state index < -0.39 is 17.9 Å². The molecule has 1 saturated carbocycles. The van der Waals surface area contributed by atoms with Crippen LogP contribution in [0.15, 0.2) is 36.4 Å². The number of carbonyl (C=O) groups excluding carboxylic acids is 1. The summed E-state index contributed by atoms with van der Waals surface area (Å²) in [6.07, 6.45) is 2.36. The summed E-state index contributed by atoms with van der Waals surface area (Å²) < 4.78 is 11.4. The van der Waals surface area contributed by atoms with Gasteiger partial charge in [-0.1, -0.05) is 6.07 Å². The fraction of sp³-hybridized carbons (Fsp3) is 0.333. The number of ether oxygens (including phenoxy) is 2. The van der Waals surface area contributed by atoms with E-state index in [2.05, 4.69) is 15.3 Å². The molecule has 1 aliphatic carbocycles. The number of carbonyl (C=O) groups is 2. The van der Waals surface area contributed by atoms with Crippen molar-refractivity contribution < 1.29 is 24.2 Å². The largest absolute Gasteiger partial charge is 0.493 e. The van der Waals surface area contributed by atoms with Crippen molar-refractivity contribution in [2.45, 2.75) is 32.4 Å². The molecule has 2 heterocycles. The Balaban J connectivity index is 1.55. The maximum Gasteiger partial charge on any atom is 0.354 e. The lowest BCUT2D eigenvalue weighted by atomic mass is 10.2. The molecule has 9 nitrogen and oxygen atoms in total. The van der Waals surface area contributed by atoms with Crippen LogP contribution in [-0.4, -0.2) is 40.7 Å². The summed E-state index contributed by atoms with van der Waals surface area (Å²) in [6.45, 7) is 2.50. The average Bonchev–Trinajstić information content (AvgIpc) is 3.56. The molecule has 4 N–H and O–H groups in total. The van der Waals surface area contributed by atoms with Gasteiger partial charge in [0, 0.05) is 11.6 Å². The Labute approximate surface area is 201 Å². The fourth-order valence-corrected chi connectivity index (χ4v) is 4.30. The minimum absolute atomic E-state index is 0.0624. The number of benzene rings is 1. The van der Waals surface area contributed by atoms with Crippen LogP contribution in [0.5, 0.6) is 11.5 Å². The highest BCUT2D eigenvalue weighted by Gasteiger charge is 2.24. The third kappa shape index (κ3) is 5.52. The number of nitrogens with one attached hydrogen (secondary N) is 1. The Morgan fingerprint density at radius 2 is 2.03 bits per heavy atom. The van der Waals surface area contributed by atoms with E-state index in [4.69, 9.17) is 20.3 Å². The summed E-state index contributed by atoms with van der Waals surface area (Å²) in [5, 5.41) is 12.5. The summed E-state index contributed by atoms with van der Waals surface area (Å²) >= 11 is 1.35. The predicted octanol–water partition coefficient (Wildman–Crippen LogP) is 3.65. The molecule has 0 radical (unpaired) electrons. The quantitative estimate of drug-likeness (QED) is 0.398. The number of aromatic nitrogens is 2. The average molecular weight is 483 g/mol. The summed E-state index contributed by atoms with van der Waals surface area (Å²) in [5.41, 5.74) is 7.52. The second-order valence-electron chi connectivity index (χ2n) is 8.14. The summed E-state index contributed by atoms with van der Waals surface area (Å²) in [6, 6.07) is 9.79. The predicted molar refractivity (Wildman–Crippen MR) is 127 cm³/mol. The molecule has 2 aromatic heterocycles. The number of rotatable bonds is 10. The third-order valence-electron chi connectivity index (χ3n) is 5.32. The number of aromatic carboxylic acids is 1. The van der Waals surface area contributed by atoms with E-state index in [-0.39, 0.29) is 17.9 Å². The molecular formula is C24H26N4O5S. The third-order valence-corrected chi connectivity index (χ3v) is 6.63. The van der Waals surface area contributed by atoms with Crippen LogP contribution < -0.4 is 20.5 Å². The topological polar surface area (TPSA) is 137 Å². The van der Waals surface area contributed by atoms with Crippen LogP contribution in [0.2, 0.25) is 0 Å². The number of nitrogens with two attached hydrogens (primary N) is 1. The van der Waals surface area contributed by atoms with E-state index >= 15 is 0 Å². The van der Waals surface area contributed by atoms with Gasteiger partial charge in [0.05, 0.1) is 30.8 Å². The SMILES string of the molecule is COc1ccc(-c2nc(C(=O)NCc3cccc(C(=O)O)n3)c(C(C)N)s2)cc1OCC1CC1. The maximum atomic E-state index is 12.9. The molecule has 34 heavy (non-hydrogen) atoms. The Hall–Kier alpha value is -3.50. The van der Waals surface area contributed by atoms with Crippen molar-refractivity contribution in [1.29, 1.82) is 0 Å². The minimum Gasteiger partial charge on any atom is -0.493 e. The molecule has 3 aromatic rings. The molecule has 1 aromatic carbocycles. The summed E-state index contributed by atoms with van der Waals surface area (Å²) in [5.74, 6) is 0.341.